The predicted octanol–water partition coefficient (Wildman–Crippen LogP) is 2.77. The minimum atomic E-state index is -0.355. The summed E-state index contributed by atoms with van der Waals surface area (Å²) in [5, 5.41) is 6.39. The molecule has 0 radical (unpaired) electrons. The number of hydrogen-bond donors (Lipinski definition) is 2. The van der Waals surface area contributed by atoms with Crippen LogP contribution < -0.4 is 10.6 Å². The molecule has 152 valence electrons. The van der Waals surface area contributed by atoms with Gasteiger partial charge in [0.25, 0.3) is 17.7 Å². The molecule has 1 saturated heterocycles. The van der Waals surface area contributed by atoms with Gasteiger partial charge in [0.05, 0.1) is 17.7 Å². The van der Waals surface area contributed by atoms with Crippen molar-refractivity contribution in [1.82, 2.24) is 15.5 Å². The number of carbonyl (C=O) groups is 3. The van der Waals surface area contributed by atoms with E-state index in [2.05, 4.69) is 17.6 Å². The Morgan fingerprint density at radius 1 is 1.10 bits per heavy atom. The van der Waals surface area contributed by atoms with Crippen LogP contribution in [0.25, 0.3) is 0 Å². The molecular weight excluding hydrogens is 390 g/mol. The third-order valence-electron chi connectivity index (χ3n) is 5.49. The van der Waals surface area contributed by atoms with E-state index in [-0.39, 0.29) is 48.8 Å². The highest BCUT2D eigenvalue weighted by molar-refractivity contribution is 6.22. The van der Waals surface area contributed by atoms with E-state index < -0.39 is 0 Å². The van der Waals surface area contributed by atoms with Gasteiger partial charge in [0.2, 0.25) is 0 Å². The number of carbonyl (C=O) groups excluding carboxylic acids is 3. The van der Waals surface area contributed by atoms with Crippen LogP contribution >= 0.6 is 12.4 Å². The first kappa shape index (κ1) is 21.0. The molecule has 0 saturated carbocycles. The largest absolute Gasteiger partial charge is 0.348 e. The van der Waals surface area contributed by atoms with E-state index in [4.69, 9.17) is 0 Å². The Labute approximate surface area is 176 Å². The maximum Gasteiger partial charge on any atom is 0.261 e. The smallest absolute Gasteiger partial charge is 0.261 e. The molecule has 0 aromatic heterocycles. The molecule has 29 heavy (non-hydrogen) atoms. The number of halogens is 1. The average molecular weight is 414 g/mol. The summed E-state index contributed by atoms with van der Waals surface area (Å²) in [7, 11) is 0. The van der Waals surface area contributed by atoms with Gasteiger partial charge >= 0.3 is 0 Å². The van der Waals surface area contributed by atoms with Crippen LogP contribution in [0.3, 0.4) is 0 Å². The zero-order valence-corrected chi connectivity index (χ0v) is 17.0. The number of imide groups is 1. The second-order valence-electron chi connectivity index (χ2n) is 7.41. The van der Waals surface area contributed by atoms with Crippen molar-refractivity contribution in [2.75, 3.05) is 6.54 Å². The van der Waals surface area contributed by atoms with Crippen LogP contribution in [0.1, 0.15) is 56.4 Å². The van der Waals surface area contributed by atoms with Gasteiger partial charge in [0.15, 0.2) is 0 Å². The van der Waals surface area contributed by atoms with Gasteiger partial charge in [-0.3, -0.25) is 19.3 Å². The molecule has 2 unspecified atom stereocenters. The van der Waals surface area contributed by atoms with Crippen molar-refractivity contribution in [2.24, 2.45) is 0 Å². The Kier molecular flexibility index (Phi) is 6.35. The molecule has 2 aliphatic heterocycles. The summed E-state index contributed by atoms with van der Waals surface area (Å²) < 4.78 is 0. The van der Waals surface area contributed by atoms with Crippen LogP contribution in [0.4, 0.5) is 0 Å². The standard InChI is InChI=1S/C22H23N3O3.ClH/c1-14-19(8-5-11-23-14)24-20(26)16-9-10-17-18(12-16)22(28)25(21(17)27)13-15-6-3-2-4-7-15;/h2-4,6-7,9-10,12,14,19,23H,5,8,11,13H2,1H3,(H,24,26);1H. The molecule has 2 aliphatic rings. The zero-order chi connectivity index (χ0) is 19.7. The van der Waals surface area contributed by atoms with E-state index in [1.807, 2.05) is 30.3 Å². The highest BCUT2D eigenvalue weighted by atomic mass is 35.5. The minimum Gasteiger partial charge on any atom is -0.348 e. The van der Waals surface area contributed by atoms with Crippen LogP contribution in [0.5, 0.6) is 0 Å². The molecule has 2 aromatic rings. The quantitative estimate of drug-likeness (QED) is 0.755. The van der Waals surface area contributed by atoms with Gasteiger partial charge in [-0.1, -0.05) is 30.3 Å². The van der Waals surface area contributed by atoms with E-state index in [9.17, 15) is 14.4 Å². The van der Waals surface area contributed by atoms with E-state index in [1.54, 1.807) is 12.1 Å². The predicted molar refractivity (Wildman–Crippen MR) is 112 cm³/mol. The monoisotopic (exact) mass is 413 g/mol. The topological polar surface area (TPSA) is 78.5 Å². The minimum absolute atomic E-state index is 0. The summed E-state index contributed by atoms with van der Waals surface area (Å²) in [5.41, 5.74) is 1.93. The molecule has 0 aliphatic carbocycles. The molecule has 7 heteroatoms. The number of hydrogen-bond acceptors (Lipinski definition) is 4. The van der Waals surface area contributed by atoms with Crippen molar-refractivity contribution in [3.8, 4) is 0 Å². The molecule has 2 heterocycles. The Morgan fingerprint density at radius 2 is 1.83 bits per heavy atom. The SMILES string of the molecule is CC1NCCCC1NC(=O)c1ccc2c(c1)C(=O)N(Cc1ccccc1)C2=O.Cl. The van der Waals surface area contributed by atoms with E-state index >= 15 is 0 Å². The lowest BCUT2D eigenvalue weighted by molar-refractivity contribution is 0.0642. The van der Waals surface area contributed by atoms with Gasteiger partial charge in [-0.15, -0.1) is 12.4 Å². The summed E-state index contributed by atoms with van der Waals surface area (Å²) in [6.07, 6.45) is 1.94. The number of fused-ring (bicyclic) bond motifs is 1. The van der Waals surface area contributed by atoms with Gasteiger partial charge in [0.1, 0.15) is 0 Å². The molecule has 3 amide bonds. The number of nitrogens with one attached hydrogen (secondary N) is 2. The van der Waals surface area contributed by atoms with Crippen molar-refractivity contribution in [1.29, 1.82) is 0 Å². The molecular formula is C22H24ClN3O3. The molecule has 4 rings (SSSR count). The number of amides is 3. The van der Waals surface area contributed by atoms with Crippen molar-refractivity contribution in [3.05, 3.63) is 70.8 Å². The first-order chi connectivity index (χ1) is 13.5. The fraction of sp³-hybridized carbons (Fsp3) is 0.318. The fourth-order valence-electron chi connectivity index (χ4n) is 3.83. The maximum atomic E-state index is 12.8. The summed E-state index contributed by atoms with van der Waals surface area (Å²) >= 11 is 0. The molecule has 0 bridgehead atoms. The van der Waals surface area contributed by atoms with Crippen LogP contribution in [0.2, 0.25) is 0 Å². The third-order valence-corrected chi connectivity index (χ3v) is 5.49. The molecule has 2 N–H and O–H groups in total. The molecule has 0 spiro atoms. The number of piperidine rings is 1. The number of rotatable bonds is 4. The lowest BCUT2D eigenvalue weighted by atomic mass is 9.99. The van der Waals surface area contributed by atoms with Crippen molar-refractivity contribution in [3.63, 3.8) is 0 Å². The second-order valence-corrected chi connectivity index (χ2v) is 7.41. The maximum absolute atomic E-state index is 12.8. The lowest BCUT2D eigenvalue weighted by Gasteiger charge is -2.30. The van der Waals surface area contributed by atoms with Crippen molar-refractivity contribution >= 4 is 30.1 Å². The van der Waals surface area contributed by atoms with Gasteiger partial charge in [-0.2, -0.15) is 0 Å². The normalized spacial score (nSPS) is 20.8. The molecule has 2 atom stereocenters. The van der Waals surface area contributed by atoms with Crippen LogP contribution in [-0.2, 0) is 6.54 Å². The number of benzene rings is 2. The van der Waals surface area contributed by atoms with Crippen LogP contribution in [-0.4, -0.2) is 41.2 Å². The second kappa shape index (κ2) is 8.76. The Morgan fingerprint density at radius 3 is 2.55 bits per heavy atom. The average Bonchev–Trinajstić information content (AvgIpc) is 2.95. The van der Waals surface area contributed by atoms with E-state index in [1.165, 1.54) is 11.0 Å². The van der Waals surface area contributed by atoms with Crippen molar-refractivity contribution < 1.29 is 14.4 Å². The Hall–Kier alpha value is -2.70. The summed E-state index contributed by atoms with van der Waals surface area (Å²) in [6, 6.07) is 14.4. The highest BCUT2D eigenvalue weighted by Gasteiger charge is 2.36. The Bertz CT molecular complexity index is 932. The summed E-state index contributed by atoms with van der Waals surface area (Å²) in [4.78, 5) is 39.3. The molecule has 2 aromatic carbocycles. The molecule has 1 fully saturated rings. The number of nitrogens with zero attached hydrogens (tertiary/aromatic N) is 1. The fourth-order valence-corrected chi connectivity index (χ4v) is 3.83. The summed E-state index contributed by atoms with van der Waals surface area (Å²) in [6.45, 7) is 3.23. The Balaban J connectivity index is 0.00000240. The van der Waals surface area contributed by atoms with Crippen LogP contribution in [0.15, 0.2) is 48.5 Å². The van der Waals surface area contributed by atoms with Gasteiger partial charge in [-0.05, 0) is 50.1 Å². The first-order valence-corrected chi connectivity index (χ1v) is 9.63. The van der Waals surface area contributed by atoms with Gasteiger partial charge in [-0.25, -0.2) is 0 Å². The molecule has 6 nitrogen and oxygen atoms in total. The van der Waals surface area contributed by atoms with Crippen molar-refractivity contribution in [2.45, 2.75) is 38.4 Å². The van der Waals surface area contributed by atoms with Gasteiger partial charge < -0.3 is 10.6 Å². The first-order valence-electron chi connectivity index (χ1n) is 9.63. The zero-order valence-electron chi connectivity index (χ0n) is 16.2. The third kappa shape index (κ3) is 4.18. The van der Waals surface area contributed by atoms with Crippen LogP contribution in [0, 0.1) is 0 Å². The van der Waals surface area contributed by atoms with E-state index in [0.29, 0.717) is 16.7 Å². The lowest BCUT2D eigenvalue weighted by Crippen LogP contribution is -2.51. The van der Waals surface area contributed by atoms with Gasteiger partial charge in [0, 0.05) is 17.6 Å². The summed E-state index contributed by atoms with van der Waals surface area (Å²) in [5.74, 6) is -0.891. The highest BCUT2D eigenvalue weighted by Crippen LogP contribution is 2.26. The van der Waals surface area contributed by atoms with E-state index in [0.717, 1.165) is 24.9 Å².